The van der Waals surface area contributed by atoms with Crippen LogP contribution in [0.1, 0.15) is 18.1 Å². The predicted octanol–water partition coefficient (Wildman–Crippen LogP) is 3.29. The normalized spacial score (nSPS) is 11.7. The number of halogens is 2. The number of rotatable bonds is 6. The summed E-state index contributed by atoms with van der Waals surface area (Å²) >= 11 is 3.37. The van der Waals surface area contributed by atoms with Crippen LogP contribution in [-0.2, 0) is 22.6 Å². The maximum absolute atomic E-state index is 13.9. The van der Waals surface area contributed by atoms with Gasteiger partial charge in [-0.2, -0.15) is 0 Å². The van der Waals surface area contributed by atoms with Gasteiger partial charge in [-0.1, -0.05) is 46.3 Å². The summed E-state index contributed by atoms with van der Waals surface area (Å²) in [6.45, 7) is 1.94. The van der Waals surface area contributed by atoms with E-state index in [-0.39, 0.29) is 24.8 Å². The largest absolute Gasteiger partial charge is 0.357 e. The number of hydrogen-bond donors (Lipinski definition) is 1. The van der Waals surface area contributed by atoms with Crippen molar-refractivity contribution in [2.24, 2.45) is 0 Å². The Morgan fingerprint density at radius 3 is 2.40 bits per heavy atom. The molecular formula is C19H20BrFN2O2. The number of nitrogens with zero attached hydrogens (tertiary/aromatic N) is 1. The molecule has 0 aliphatic heterocycles. The second kappa shape index (κ2) is 8.76. The first-order valence-electron chi connectivity index (χ1n) is 7.91. The lowest BCUT2D eigenvalue weighted by molar-refractivity contribution is -0.139. The van der Waals surface area contributed by atoms with E-state index in [1.807, 2.05) is 24.3 Å². The van der Waals surface area contributed by atoms with Gasteiger partial charge in [-0.05, 0) is 36.2 Å². The molecule has 2 aromatic rings. The summed E-state index contributed by atoms with van der Waals surface area (Å²) in [7, 11) is 1.53. The van der Waals surface area contributed by atoms with Crippen LogP contribution in [0.5, 0.6) is 0 Å². The molecule has 0 aromatic heterocycles. The maximum Gasteiger partial charge on any atom is 0.242 e. The number of amides is 2. The average molecular weight is 407 g/mol. The Bertz CT molecular complexity index is 749. The molecule has 132 valence electrons. The van der Waals surface area contributed by atoms with Crippen LogP contribution in [0.15, 0.2) is 53.0 Å². The zero-order chi connectivity index (χ0) is 18.4. The van der Waals surface area contributed by atoms with Gasteiger partial charge in [0.2, 0.25) is 11.8 Å². The summed E-state index contributed by atoms with van der Waals surface area (Å²) < 4.78 is 14.8. The first kappa shape index (κ1) is 19.1. The molecule has 4 nitrogen and oxygen atoms in total. The number of likely N-dealkylation sites (N-methyl/N-ethyl adjacent to an activating group) is 1. The third-order valence-corrected chi connectivity index (χ3v) is 4.51. The summed E-state index contributed by atoms with van der Waals surface area (Å²) in [5.41, 5.74) is 1.21. The van der Waals surface area contributed by atoms with Gasteiger partial charge in [0, 0.05) is 18.1 Å². The highest BCUT2D eigenvalue weighted by Gasteiger charge is 2.26. The topological polar surface area (TPSA) is 49.4 Å². The van der Waals surface area contributed by atoms with Crippen LogP contribution in [-0.4, -0.2) is 29.8 Å². The molecule has 25 heavy (non-hydrogen) atoms. The molecule has 0 saturated heterocycles. The number of carbonyl (C=O) groups is 2. The summed E-state index contributed by atoms with van der Waals surface area (Å²) in [5.74, 6) is -0.991. The lowest BCUT2D eigenvalue weighted by Gasteiger charge is -2.28. The van der Waals surface area contributed by atoms with Crippen molar-refractivity contribution in [3.05, 3.63) is 69.9 Å². The van der Waals surface area contributed by atoms with Crippen molar-refractivity contribution in [2.75, 3.05) is 7.05 Å². The minimum Gasteiger partial charge on any atom is -0.357 e. The summed E-state index contributed by atoms with van der Waals surface area (Å²) in [4.78, 5) is 26.3. The predicted molar refractivity (Wildman–Crippen MR) is 98.3 cm³/mol. The molecule has 6 heteroatoms. The van der Waals surface area contributed by atoms with Crippen LogP contribution in [0.2, 0.25) is 0 Å². The molecule has 0 heterocycles. The van der Waals surface area contributed by atoms with E-state index in [4.69, 9.17) is 0 Å². The Morgan fingerprint density at radius 1 is 1.16 bits per heavy atom. The molecule has 2 aromatic carbocycles. The van der Waals surface area contributed by atoms with Gasteiger partial charge in [0.25, 0.3) is 0 Å². The lowest BCUT2D eigenvalue weighted by Crippen LogP contribution is -2.47. The summed E-state index contributed by atoms with van der Waals surface area (Å²) in [6, 6.07) is 13.0. The van der Waals surface area contributed by atoms with Crippen molar-refractivity contribution in [3.8, 4) is 0 Å². The average Bonchev–Trinajstić information content (AvgIpc) is 2.61. The molecule has 2 rings (SSSR count). The van der Waals surface area contributed by atoms with E-state index in [0.29, 0.717) is 5.56 Å². The van der Waals surface area contributed by atoms with Crippen LogP contribution in [0.4, 0.5) is 4.39 Å². The van der Waals surface area contributed by atoms with Crippen LogP contribution in [0.25, 0.3) is 0 Å². The fourth-order valence-corrected chi connectivity index (χ4v) is 2.75. The van der Waals surface area contributed by atoms with Crippen LogP contribution in [0, 0.1) is 5.82 Å². The van der Waals surface area contributed by atoms with Gasteiger partial charge in [-0.25, -0.2) is 4.39 Å². The third-order valence-electron chi connectivity index (χ3n) is 3.98. The quantitative estimate of drug-likeness (QED) is 0.799. The maximum atomic E-state index is 13.9. The Balaban J connectivity index is 2.23. The standard InChI is InChI=1S/C19H20BrFN2O2/c1-13(19(25)22-2)23(12-14-7-9-16(20)10-8-14)18(24)11-15-5-3-4-6-17(15)21/h3-10,13H,11-12H2,1-2H3,(H,22,25). The Kier molecular flexibility index (Phi) is 6.70. The molecule has 0 fully saturated rings. The van der Waals surface area contributed by atoms with Crippen molar-refractivity contribution in [1.29, 1.82) is 0 Å². The molecule has 0 spiro atoms. The van der Waals surface area contributed by atoms with Crippen LogP contribution < -0.4 is 5.32 Å². The van der Waals surface area contributed by atoms with E-state index in [0.717, 1.165) is 10.0 Å². The minimum atomic E-state index is -0.659. The smallest absolute Gasteiger partial charge is 0.242 e. The highest BCUT2D eigenvalue weighted by molar-refractivity contribution is 9.10. The van der Waals surface area contributed by atoms with Gasteiger partial charge in [0.05, 0.1) is 6.42 Å². The SMILES string of the molecule is CNC(=O)C(C)N(Cc1ccc(Br)cc1)C(=O)Cc1ccccc1F. The number of hydrogen-bond acceptors (Lipinski definition) is 2. The summed E-state index contributed by atoms with van der Waals surface area (Å²) in [5, 5.41) is 2.56. The Labute approximate surface area is 155 Å². The van der Waals surface area contributed by atoms with E-state index in [1.165, 1.54) is 18.0 Å². The van der Waals surface area contributed by atoms with Gasteiger partial charge in [-0.15, -0.1) is 0 Å². The second-order valence-corrected chi connectivity index (χ2v) is 6.62. The zero-order valence-corrected chi connectivity index (χ0v) is 15.7. The van der Waals surface area contributed by atoms with Gasteiger partial charge in [0.15, 0.2) is 0 Å². The molecule has 0 aliphatic carbocycles. The van der Waals surface area contributed by atoms with Crippen LogP contribution in [0.3, 0.4) is 0 Å². The van der Waals surface area contributed by atoms with Crippen molar-refractivity contribution in [2.45, 2.75) is 25.9 Å². The molecule has 0 radical (unpaired) electrons. The monoisotopic (exact) mass is 406 g/mol. The number of carbonyl (C=O) groups excluding carboxylic acids is 2. The molecule has 1 atom stereocenters. The van der Waals surface area contributed by atoms with Crippen LogP contribution >= 0.6 is 15.9 Å². The lowest BCUT2D eigenvalue weighted by atomic mass is 10.1. The first-order chi connectivity index (χ1) is 11.9. The van der Waals surface area contributed by atoms with E-state index in [9.17, 15) is 14.0 Å². The number of benzene rings is 2. The fraction of sp³-hybridized carbons (Fsp3) is 0.263. The zero-order valence-electron chi connectivity index (χ0n) is 14.1. The third kappa shape index (κ3) is 5.13. The number of nitrogens with one attached hydrogen (secondary N) is 1. The minimum absolute atomic E-state index is 0.0927. The van der Waals surface area contributed by atoms with Crippen molar-refractivity contribution in [1.82, 2.24) is 10.2 Å². The fourth-order valence-electron chi connectivity index (χ4n) is 2.48. The highest BCUT2D eigenvalue weighted by Crippen LogP contribution is 2.16. The van der Waals surface area contributed by atoms with E-state index < -0.39 is 11.9 Å². The molecule has 1 unspecified atom stereocenters. The van der Waals surface area contributed by atoms with Gasteiger partial charge in [0.1, 0.15) is 11.9 Å². The molecule has 2 amide bonds. The highest BCUT2D eigenvalue weighted by atomic mass is 79.9. The molecule has 0 saturated carbocycles. The van der Waals surface area contributed by atoms with Crippen molar-refractivity contribution < 1.29 is 14.0 Å². The summed E-state index contributed by atoms with van der Waals surface area (Å²) in [6.07, 6.45) is -0.0927. The van der Waals surface area contributed by atoms with E-state index in [2.05, 4.69) is 21.2 Å². The second-order valence-electron chi connectivity index (χ2n) is 5.71. The van der Waals surface area contributed by atoms with E-state index >= 15 is 0 Å². The molecule has 0 bridgehead atoms. The van der Waals surface area contributed by atoms with Gasteiger partial charge in [-0.3, -0.25) is 9.59 Å². The van der Waals surface area contributed by atoms with E-state index in [1.54, 1.807) is 25.1 Å². The Hall–Kier alpha value is -2.21. The van der Waals surface area contributed by atoms with Crippen molar-refractivity contribution >= 4 is 27.7 Å². The van der Waals surface area contributed by atoms with Crippen molar-refractivity contribution in [3.63, 3.8) is 0 Å². The van der Waals surface area contributed by atoms with Gasteiger partial charge >= 0.3 is 0 Å². The molecule has 1 N–H and O–H groups in total. The van der Waals surface area contributed by atoms with Gasteiger partial charge < -0.3 is 10.2 Å². The Morgan fingerprint density at radius 2 is 1.80 bits per heavy atom. The molecule has 0 aliphatic rings. The molecular weight excluding hydrogens is 387 g/mol. The first-order valence-corrected chi connectivity index (χ1v) is 8.70.